The Morgan fingerprint density at radius 1 is 1.19 bits per heavy atom. The lowest BCUT2D eigenvalue weighted by molar-refractivity contribution is -0.115. The van der Waals surface area contributed by atoms with Gasteiger partial charge in [0, 0.05) is 18.2 Å². The highest BCUT2D eigenvalue weighted by molar-refractivity contribution is 6.43. The quantitative estimate of drug-likeness (QED) is 0.865. The molecule has 2 nitrogen and oxygen atoms in total. The monoisotopic (exact) mass is 255 g/mol. The molecule has 1 aliphatic carbocycles. The molecule has 1 aromatic rings. The number of ketones is 1. The first-order chi connectivity index (χ1) is 7.66. The van der Waals surface area contributed by atoms with Crippen molar-refractivity contribution < 1.29 is 4.79 Å². The summed E-state index contributed by atoms with van der Waals surface area (Å²) in [7, 11) is 0. The number of hydrogen-bond donors (Lipinski definition) is 1. The summed E-state index contributed by atoms with van der Waals surface area (Å²) >= 11 is 11.9. The second kappa shape index (κ2) is 4.89. The van der Waals surface area contributed by atoms with Gasteiger partial charge >= 0.3 is 0 Å². The van der Waals surface area contributed by atoms with Crippen molar-refractivity contribution in [3.8, 4) is 0 Å². The average molecular weight is 256 g/mol. The first-order valence-electron chi connectivity index (χ1n) is 5.11. The van der Waals surface area contributed by atoms with Crippen LogP contribution in [0.2, 0.25) is 10.0 Å². The number of rotatable bonds is 2. The molecule has 2 rings (SSSR count). The number of anilines is 1. The van der Waals surface area contributed by atoms with Gasteiger partial charge in [0.15, 0.2) is 5.78 Å². The van der Waals surface area contributed by atoms with Gasteiger partial charge < -0.3 is 5.32 Å². The molecule has 0 spiro atoms. The van der Waals surface area contributed by atoms with Gasteiger partial charge in [0.25, 0.3) is 0 Å². The summed E-state index contributed by atoms with van der Waals surface area (Å²) in [4.78, 5) is 11.2. The Balaban J connectivity index is 2.21. The fraction of sp³-hybridized carbons (Fsp3) is 0.250. The number of carbonyl (C=O) groups excluding carboxylic acids is 1. The predicted molar refractivity (Wildman–Crippen MR) is 67.0 cm³/mol. The normalized spacial score (nSPS) is 15.9. The summed E-state index contributed by atoms with van der Waals surface area (Å²) in [6, 6.07) is 5.39. The van der Waals surface area contributed by atoms with Crippen LogP contribution in [0, 0.1) is 0 Å². The van der Waals surface area contributed by atoms with E-state index in [9.17, 15) is 4.79 Å². The van der Waals surface area contributed by atoms with E-state index in [2.05, 4.69) is 5.32 Å². The Bertz CT molecular complexity index is 454. The SMILES string of the molecule is O=C1C=C(Nc2cccc(Cl)c2Cl)CCC1. The van der Waals surface area contributed by atoms with Crippen LogP contribution < -0.4 is 5.32 Å². The predicted octanol–water partition coefficient (Wildman–Crippen LogP) is 4.04. The average Bonchev–Trinajstić information content (AvgIpc) is 2.25. The summed E-state index contributed by atoms with van der Waals surface area (Å²) < 4.78 is 0. The van der Waals surface area contributed by atoms with Gasteiger partial charge in [0.05, 0.1) is 15.7 Å². The van der Waals surface area contributed by atoms with Crippen LogP contribution in [0.5, 0.6) is 0 Å². The minimum Gasteiger partial charge on any atom is -0.358 e. The van der Waals surface area contributed by atoms with Gasteiger partial charge in [0.2, 0.25) is 0 Å². The molecular formula is C12H11Cl2NO. The van der Waals surface area contributed by atoms with E-state index in [0.717, 1.165) is 24.2 Å². The molecule has 0 aliphatic heterocycles. The lowest BCUT2D eigenvalue weighted by Gasteiger charge is -2.15. The molecule has 4 heteroatoms. The summed E-state index contributed by atoms with van der Waals surface area (Å²) in [5, 5.41) is 4.14. The van der Waals surface area contributed by atoms with Gasteiger partial charge in [-0.3, -0.25) is 4.79 Å². The molecule has 0 amide bonds. The van der Waals surface area contributed by atoms with E-state index in [1.807, 2.05) is 12.1 Å². The van der Waals surface area contributed by atoms with Crippen LogP contribution in [-0.4, -0.2) is 5.78 Å². The van der Waals surface area contributed by atoms with Crippen molar-refractivity contribution in [2.24, 2.45) is 0 Å². The Labute approximate surface area is 104 Å². The second-order valence-corrected chi connectivity index (χ2v) is 4.50. The summed E-state index contributed by atoms with van der Waals surface area (Å²) in [5.74, 6) is 0.159. The number of halogens is 2. The molecule has 1 aromatic carbocycles. The molecule has 0 fully saturated rings. The minimum absolute atomic E-state index is 0.159. The zero-order valence-electron chi connectivity index (χ0n) is 8.59. The van der Waals surface area contributed by atoms with E-state index in [4.69, 9.17) is 23.2 Å². The standard InChI is InChI=1S/C12H11Cl2NO/c13-10-5-2-6-11(12(10)14)15-8-3-1-4-9(16)7-8/h2,5-7,15H,1,3-4H2. The molecule has 0 saturated carbocycles. The highest BCUT2D eigenvalue weighted by Crippen LogP contribution is 2.31. The molecule has 0 saturated heterocycles. The van der Waals surface area contributed by atoms with Crippen molar-refractivity contribution in [1.29, 1.82) is 0 Å². The van der Waals surface area contributed by atoms with Crippen LogP contribution in [0.1, 0.15) is 19.3 Å². The lowest BCUT2D eigenvalue weighted by Crippen LogP contribution is -2.09. The zero-order valence-corrected chi connectivity index (χ0v) is 10.1. The van der Waals surface area contributed by atoms with E-state index in [0.29, 0.717) is 16.5 Å². The summed E-state index contributed by atoms with van der Waals surface area (Å²) in [5.41, 5.74) is 1.65. The van der Waals surface area contributed by atoms with Crippen molar-refractivity contribution in [2.75, 3.05) is 5.32 Å². The van der Waals surface area contributed by atoms with Crippen molar-refractivity contribution in [3.63, 3.8) is 0 Å². The molecule has 0 atom stereocenters. The molecule has 84 valence electrons. The van der Waals surface area contributed by atoms with Crippen LogP contribution in [-0.2, 0) is 4.79 Å². The van der Waals surface area contributed by atoms with Gasteiger partial charge in [-0.05, 0) is 25.0 Å². The molecule has 1 N–H and O–H groups in total. The van der Waals surface area contributed by atoms with Crippen LogP contribution in [0.3, 0.4) is 0 Å². The maximum atomic E-state index is 11.2. The summed E-state index contributed by atoms with van der Waals surface area (Å²) in [6.07, 6.45) is 4.03. The van der Waals surface area contributed by atoms with Gasteiger partial charge in [-0.2, -0.15) is 0 Å². The molecule has 1 aliphatic rings. The van der Waals surface area contributed by atoms with Crippen LogP contribution in [0.4, 0.5) is 5.69 Å². The van der Waals surface area contributed by atoms with E-state index in [1.165, 1.54) is 0 Å². The minimum atomic E-state index is 0.159. The maximum Gasteiger partial charge on any atom is 0.157 e. The van der Waals surface area contributed by atoms with Crippen molar-refractivity contribution in [3.05, 3.63) is 40.0 Å². The fourth-order valence-electron chi connectivity index (χ4n) is 1.66. The van der Waals surface area contributed by atoms with Crippen LogP contribution in [0.25, 0.3) is 0 Å². The largest absolute Gasteiger partial charge is 0.358 e. The molecule has 0 heterocycles. The Hall–Kier alpha value is -0.990. The maximum absolute atomic E-state index is 11.2. The van der Waals surface area contributed by atoms with E-state index >= 15 is 0 Å². The Kier molecular flexibility index (Phi) is 3.52. The molecule has 0 bridgehead atoms. The van der Waals surface area contributed by atoms with Gasteiger partial charge in [-0.25, -0.2) is 0 Å². The number of carbonyl (C=O) groups is 1. The zero-order chi connectivity index (χ0) is 11.5. The smallest absolute Gasteiger partial charge is 0.157 e. The number of nitrogens with one attached hydrogen (secondary N) is 1. The van der Waals surface area contributed by atoms with Crippen molar-refractivity contribution >= 4 is 34.7 Å². The second-order valence-electron chi connectivity index (χ2n) is 3.72. The van der Waals surface area contributed by atoms with Crippen LogP contribution >= 0.6 is 23.2 Å². The molecule has 0 radical (unpaired) electrons. The van der Waals surface area contributed by atoms with Gasteiger partial charge in [-0.15, -0.1) is 0 Å². The van der Waals surface area contributed by atoms with E-state index in [1.54, 1.807) is 12.1 Å². The highest BCUT2D eigenvalue weighted by atomic mass is 35.5. The third kappa shape index (κ3) is 2.57. The number of benzene rings is 1. The first kappa shape index (κ1) is 11.5. The molecular weight excluding hydrogens is 245 g/mol. The van der Waals surface area contributed by atoms with Gasteiger partial charge in [-0.1, -0.05) is 29.3 Å². The number of hydrogen-bond acceptors (Lipinski definition) is 2. The van der Waals surface area contributed by atoms with E-state index < -0.39 is 0 Å². The Morgan fingerprint density at radius 2 is 2.00 bits per heavy atom. The van der Waals surface area contributed by atoms with Gasteiger partial charge in [0.1, 0.15) is 0 Å². The molecule has 0 unspecified atom stereocenters. The fourth-order valence-corrected chi connectivity index (χ4v) is 2.01. The Morgan fingerprint density at radius 3 is 2.75 bits per heavy atom. The molecule has 0 aromatic heterocycles. The van der Waals surface area contributed by atoms with E-state index in [-0.39, 0.29) is 5.78 Å². The first-order valence-corrected chi connectivity index (χ1v) is 5.87. The topological polar surface area (TPSA) is 29.1 Å². The lowest BCUT2D eigenvalue weighted by atomic mass is 10.0. The third-order valence-electron chi connectivity index (χ3n) is 2.45. The van der Waals surface area contributed by atoms with Crippen molar-refractivity contribution in [1.82, 2.24) is 0 Å². The highest BCUT2D eigenvalue weighted by Gasteiger charge is 2.11. The number of allylic oxidation sites excluding steroid dienone is 2. The van der Waals surface area contributed by atoms with Crippen LogP contribution in [0.15, 0.2) is 30.0 Å². The summed E-state index contributed by atoms with van der Waals surface area (Å²) in [6.45, 7) is 0. The molecule has 16 heavy (non-hydrogen) atoms. The van der Waals surface area contributed by atoms with Crippen molar-refractivity contribution in [2.45, 2.75) is 19.3 Å². The third-order valence-corrected chi connectivity index (χ3v) is 3.27.